The van der Waals surface area contributed by atoms with E-state index in [2.05, 4.69) is 0 Å². The van der Waals surface area contributed by atoms with E-state index < -0.39 is 6.10 Å². The number of para-hydroxylation sites is 1. The van der Waals surface area contributed by atoms with Crippen molar-refractivity contribution in [2.45, 2.75) is 13.0 Å². The van der Waals surface area contributed by atoms with Gasteiger partial charge in [0.2, 0.25) is 0 Å². The third kappa shape index (κ3) is 2.68. The molecule has 1 unspecified atom stereocenters. The largest absolute Gasteiger partial charge is 0.457 e. The third-order valence-corrected chi connectivity index (χ3v) is 2.58. The number of aliphatic hydroxyl groups excluding tert-OH is 1. The number of nitrogens with zero attached hydrogens (tertiary/aromatic N) is 1. The number of hydrogen-bond donors (Lipinski definition) is 1. The molecule has 1 atom stereocenters. The zero-order chi connectivity index (χ0) is 13.0. The van der Waals surface area contributed by atoms with Crippen molar-refractivity contribution >= 4 is 0 Å². The first-order valence-electron chi connectivity index (χ1n) is 5.62. The van der Waals surface area contributed by atoms with E-state index in [-0.39, 0.29) is 0 Å². The number of rotatable bonds is 3. The first-order chi connectivity index (χ1) is 8.70. The fraction of sp³-hybridized carbons (Fsp3) is 0.133. The second-order valence-corrected chi connectivity index (χ2v) is 3.98. The maximum atomic E-state index is 9.59. The Labute approximate surface area is 106 Å². The standard InChI is InChI=1S/C15H13NO2/c1-11-6-8-12(9-7-11)18-15-5-3-2-4-13(15)14(17)10-16/h2-9,14,17H,1H3. The lowest BCUT2D eigenvalue weighted by Gasteiger charge is -2.11. The van der Waals surface area contributed by atoms with Gasteiger partial charge in [0.15, 0.2) is 6.10 Å². The molecular weight excluding hydrogens is 226 g/mol. The van der Waals surface area contributed by atoms with Crippen LogP contribution < -0.4 is 4.74 Å². The lowest BCUT2D eigenvalue weighted by molar-refractivity contribution is 0.231. The van der Waals surface area contributed by atoms with E-state index in [0.29, 0.717) is 17.1 Å². The lowest BCUT2D eigenvalue weighted by Crippen LogP contribution is -1.97. The quantitative estimate of drug-likeness (QED) is 0.836. The van der Waals surface area contributed by atoms with Gasteiger partial charge in [-0.2, -0.15) is 5.26 Å². The first kappa shape index (κ1) is 12.2. The van der Waals surface area contributed by atoms with Crippen LogP contribution in [0.1, 0.15) is 17.2 Å². The summed E-state index contributed by atoms with van der Waals surface area (Å²) < 4.78 is 5.68. The molecular formula is C15H13NO2. The molecule has 3 heteroatoms. The Morgan fingerprint density at radius 1 is 1.11 bits per heavy atom. The van der Waals surface area contributed by atoms with Crippen molar-refractivity contribution in [3.63, 3.8) is 0 Å². The number of aliphatic hydroxyl groups is 1. The van der Waals surface area contributed by atoms with Crippen molar-refractivity contribution in [1.82, 2.24) is 0 Å². The van der Waals surface area contributed by atoms with Gasteiger partial charge < -0.3 is 9.84 Å². The highest BCUT2D eigenvalue weighted by Crippen LogP contribution is 2.29. The molecule has 0 saturated carbocycles. The van der Waals surface area contributed by atoms with Gasteiger partial charge in [0.1, 0.15) is 11.5 Å². The smallest absolute Gasteiger partial charge is 0.169 e. The average molecular weight is 239 g/mol. The summed E-state index contributed by atoms with van der Waals surface area (Å²) in [6.45, 7) is 2.00. The van der Waals surface area contributed by atoms with Crippen LogP contribution in [0.3, 0.4) is 0 Å². The zero-order valence-electron chi connectivity index (χ0n) is 10.00. The number of ether oxygens (including phenoxy) is 1. The minimum atomic E-state index is -1.17. The minimum absolute atomic E-state index is 0.473. The van der Waals surface area contributed by atoms with Gasteiger partial charge in [-0.05, 0) is 25.1 Å². The number of hydrogen-bond acceptors (Lipinski definition) is 3. The Hall–Kier alpha value is -2.31. The summed E-state index contributed by atoms with van der Waals surface area (Å²) in [6.07, 6.45) is -1.17. The molecule has 2 aromatic carbocycles. The summed E-state index contributed by atoms with van der Waals surface area (Å²) in [4.78, 5) is 0. The van der Waals surface area contributed by atoms with E-state index in [1.165, 1.54) is 0 Å². The van der Waals surface area contributed by atoms with Crippen LogP contribution in [0.15, 0.2) is 48.5 Å². The van der Waals surface area contributed by atoms with Crippen LogP contribution in [-0.4, -0.2) is 5.11 Å². The molecule has 3 nitrogen and oxygen atoms in total. The highest BCUT2D eigenvalue weighted by atomic mass is 16.5. The normalized spacial score (nSPS) is 11.6. The van der Waals surface area contributed by atoms with Crippen molar-refractivity contribution in [2.24, 2.45) is 0 Å². The molecule has 0 aromatic heterocycles. The zero-order valence-corrected chi connectivity index (χ0v) is 10.00. The van der Waals surface area contributed by atoms with Crippen molar-refractivity contribution in [2.75, 3.05) is 0 Å². The summed E-state index contributed by atoms with van der Waals surface area (Å²) >= 11 is 0. The van der Waals surface area contributed by atoms with E-state index in [9.17, 15) is 5.11 Å². The first-order valence-corrected chi connectivity index (χ1v) is 5.62. The Bertz CT molecular complexity index is 570. The SMILES string of the molecule is Cc1ccc(Oc2ccccc2C(O)C#N)cc1. The van der Waals surface area contributed by atoms with Gasteiger partial charge >= 0.3 is 0 Å². The molecule has 0 amide bonds. The van der Waals surface area contributed by atoms with Crippen LogP contribution in [-0.2, 0) is 0 Å². The lowest BCUT2D eigenvalue weighted by atomic mass is 10.1. The van der Waals surface area contributed by atoms with Crippen LogP contribution in [0.5, 0.6) is 11.5 Å². The van der Waals surface area contributed by atoms with Crippen LogP contribution in [0.4, 0.5) is 0 Å². The summed E-state index contributed by atoms with van der Waals surface area (Å²) in [5.74, 6) is 1.17. The van der Waals surface area contributed by atoms with E-state index in [4.69, 9.17) is 10.00 Å². The summed E-state index contributed by atoms with van der Waals surface area (Å²) in [5, 5.41) is 18.4. The van der Waals surface area contributed by atoms with Gasteiger partial charge in [-0.1, -0.05) is 35.9 Å². The Morgan fingerprint density at radius 2 is 1.78 bits per heavy atom. The number of benzene rings is 2. The molecule has 0 aliphatic carbocycles. The summed E-state index contributed by atoms with van der Waals surface area (Å²) in [5.41, 5.74) is 1.62. The summed E-state index contributed by atoms with van der Waals surface area (Å²) in [6, 6.07) is 16.4. The summed E-state index contributed by atoms with van der Waals surface area (Å²) in [7, 11) is 0. The topological polar surface area (TPSA) is 53.2 Å². The molecule has 1 N–H and O–H groups in total. The van der Waals surface area contributed by atoms with Crippen molar-refractivity contribution < 1.29 is 9.84 Å². The van der Waals surface area contributed by atoms with Crippen LogP contribution in [0, 0.1) is 18.3 Å². The fourth-order valence-electron chi connectivity index (χ4n) is 1.60. The van der Waals surface area contributed by atoms with Crippen LogP contribution >= 0.6 is 0 Å². The van der Waals surface area contributed by atoms with Crippen LogP contribution in [0.2, 0.25) is 0 Å². The molecule has 0 saturated heterocycles. The van der Waals surface area contributed by atoms with E-state index in [0.717, 1.165) is 5.56 Å². The monoisotopic (exact) mass is 239 g/mol. The Morgan fingerprint density at radius 3 is 2.44 bits per heavy atom. The molecule has 0 bridgehead atoms. The third-order valence-electron chi connectivity index (χ3n) is 2.58. The molecule has 0 heterocycles. The fourth-order valence-corrected chi connectivity index (χ4v) is 1.60. The molecule has 2 aromatic rings. The predicted octanol–water partition coefficient (Wildman–Crippen LogP) is 3.34. The second-order valence-electron chi connectivity index (χ2n) is 3.98. The van der Waals surface area contributed by atoms with Crippen molar-refractivity contribution in [3.8, 4) is 17.6 Å². The molecule has 0 radical (unpaired) electrons. The van der Waals surface area contributed by atoms with Gasteiger partial charge in [-0.25, -0.2) is 0 Å². The highest BCUT2D eigenvalue weighted by molar-refractivity contribution is 5.41. The second kappa shape index (κ2) is 5.35. The average Bonchev–Trinajstić information content (AvgIpc) is 2.41. The van der Waals surface area contributed by atoms with Crippen LogP contribution in [0.25, 0.3) is 0 Å². The van der Waals surface area contributed by atoms with Gasteiger partial charge in [0.25, 0.3) is 0 Å². The van der Waals surface area contributed by atoms with E-state index >= 15 is 0 Å². The highest BCUT2D eigenvalue weighted by Gasteiger charge is 2.12. The minimum Gasteiger partial charge on any atom is -0.457 e. The molecule has 0 aliphatic rings. The van der Waals surface area contributed by atoms with Gasteiger partial charge in [-0.3, -0.25) is 0 Å². The molecule has 90 valence electrons. The van der Waals surface area contributed by atoms with Crippen molar-refractivity contribution in [3.05, 3.63) is 59.7 Å². The number of nitriles is 1. The van der Waals surface area contributed by atoms with Crippen molar-refractivity contribution in [1.29, 1.82) is 5.26 Å². The van der Waals surface area contributed by atoms with Gasteiger partial charge in [-0.15, -0.1) is 0 Å². The maximum Gasteiger partial charge on any atom is 0.169 e. The molecule has 0 fully saturated rings. The maximum absolute atomic E-state index is 9.59. The van der Waals surface area contributed by atoms with E-state index in [1.807, 2.05) is 31.2 Å². The Kier molecular flexibility index (Phi) is 3.61. The number of aryl methyl sites for hydroxylation is 1. The van der Waals surface area contributed by atoms with Gasteiger partial charge in [0.05, 0.1) is 6.07 Å². The van der Waals surface area contributed by atoms with E-state index in [1.54, 1.807) is 30.3 Å². The van der Waals surface area contributed by atoms with Gasteiger partial charge in [0, 0.05) is 5.56 Å². The molecule has 0 spiro atoms. The predicted molar refractivity (Wildman–Crippen MR) is 68.3 cm³/mol. The molecule has 2 rings (SSSR count). The molecule has 18 heavy (non-hydrogen) atoms. The molecule has 0 aliphatic heterocycles. The Balaban J connectivity index is 2.29.